The summed E-state index contributed by atoms with van der Waals surface area (Å²) in [5.41, 5.74) is 9.58. The number of rotatable bonds is 7. The van der Waals surface area contributed by atoms with Gasteiger partial charge in [-0.15, -0.1) is 0 Å². The van der Waals surface area contributed by atoms with Crippen LogP contribution in [0.15, 0.2) is 30.6 Å². The summed E-state index contributed by atoms with van der Waals surface area (Å²) in [5.74, 6) is 2.30. The van der Waals surface area contributed by atoms with Gasteiger partial charge in [-0.05, 0) is 70.2 Å². The first-order chi connectivity index (χ1) is 14.6. The highest BCUT2D eigenvalue weighted by Crippen LogP contribution is 2.29. The van der Waals surface area contributed by atoms with E-state index in [9.17, 15) is 0 Å². The van der Waals surface area contributed by atoms with Crippen LogP contribution in [0.1, 0.15) is 64.4 Å². The molecule has 1 aliphatic rings. The maximum atomic E-state index is 5.81. The Morgan fingerprint density at radius 1 is 1.16 bits per heavy atom. The molecule has 0 spiro atoms. The first kappa shape index (κ1) is 23.2. The Bertz CT molecular complexity index is 987. The molecule has 0 saturated heterocycles. The van der Waals surface area contributed by atoms with Crippen molar-refractivity contribution in [1.82, 2.24) is 24.8 Å². The molecule has 1 aromatic carbocycles. The Morgan fingerprint density at radius 3 is 2.61 bits per heavy atom. The van der Waals surface area contributed by atoms with E-state index in [0.29, 0.717) is 18.5 Å². The van der Waals surface area contributed by atoms with Gasteiger partial charge in [0.15, 0.2) is 17.0 Å². The normalized spacial score (nSPS) is 18.9. The second-order valence-corrected chi connectivity index (χ2v) is 8.65. The van der Waals surface area contributed by atoms with Crippen molar-refractivity contribution in [2.24, 2.45) is 11.7 Å². The molecule has 31 heavy (non-hydrogen) atoms. The Balaban J connectivity index is 0.00000272. The second kappa shape index (κ2) is 10.2. The topological polar surface area (TPSA) is 93.7 Å². The number of hydrogen-bond acceptors (Lipinski definition) is 6. The highest BCUT2D eigenvalue weighted by Gasteiger charge is 2.22. The molecule has 0 atom stereocenters. The lowest BCUT2D eigenvalue weighted by Gasteiger charge is -2.27. The standard InChI is InChI=1S/C23H33N7.CH4/c1-15(2)30-14-26-21-22(27-19-6-4-5-17(11-19)13-24)28-20(29-23(21)30)12-16-7-9-18(25-3)10-8-16;/h4-6,11,14-16,18,25H,7-10,12-13,24H2,1-3H3,(H,27,28,29);1H4. The minimum atomic E-state index is 0. The third kappa shape index (κ3) is 5.22. The van der Waals surface area contributed by atoms with Gasteiger partial charge in [0.25, 0.3) is 0 Å². The summed E-state index contributed by atoms with van der Waals surface area (Å²) < 4.78 is 2.12. The quantitative estimate of drug-likeness (QED) is 0.515. The maximum absolute atomic E-state index is 5.81. The van der Waals surface area contributed by atoms with E-state index in [1.807, 2.05) is 24.5 Å². The highest BCUT2D eigenvalue weighted by molar-refractivity contribution is 5.85. The van der Waals surface area contributed by atoms with E-state index in [1.165, 1.54) is 25.7 Å². The molecule has 1 fully saturated rings. The SMILES string of the molecule is C.CNC1CCC(Cc2nc(Nc3cccc(CN)c3)c3ncn(C(C)C)c3n2)CC1. The molecule has 0 bridgehead atoms. The fourth-order valence-electron chi connectivity index (χ4n) is 4.34. The van der Waals surface area contributed by atoms with Crippen molar-refractivity contribution in [3.05, 3.63) is 42.0 Å². The number of hydrogen-bond donors (Lipinski definition) is 3. The third-order valence-corrected chi connectivity index (χ3v) is 6.18. The number of anilines is 2. The van der Waals surface area contributed by atoms with E-state index >= 15 is 0 Å². The number of nitrogens with one attached hydrogen (secondary N) is 2. The number of imidazole rings is 1. The molecule has 0 aliphatic heterocycles. The average molecular weight is 424 g/mol. The minimum absolute atomic E-state index is 0. The Hall–Kier alpha value is -2.51. The summed E-state index contributed by atoms with van der Waals surface area (Å²) in [6, 6.07) is 9.08. The van der Waals surface area contributed by atoms with Crippen LogP contribution in [0, 0.1) is 5.92 Å². The largest absolute Gasteiger partial charge is 0.338 e. The molecule has 2 aromatic heterocycles. The number of nitrogens with two attached hydrogens (primary N) is 1. The van der Waals surface area contributed by atoms with Crippen LogP contribution in [0.4, 0.5) is 11.5 Å². The van der Waals surface area contributed by atoms with Crippen LogP contribution in [0.5, 0.6) is 0 Å². The molecule has 1 saturated carbocycles. The number of fused-ring (bicyclic) bond motifs is 1. The van der Waals surface area contributed by atoms with Gasteiger partial charge in [0.05, 0.1) is 6.33 Å². The van der Waals surface area contributed by atoms with Crippen LogP contribution < -0.4 is 16.4 Å². The van der Waals surface area contributed by atoms with Gasteiger partial charge in [-0.2, -0.15) is 0 Å². The zero-order valence-corrected chi connectivity index (χ0v) is 18.2. The highest BCUT2D eigenvalue weighted by atomic mass is 15.2. The van der Waals surface area contributed by atoms with E-state index in [1.54, 1.807) is 0 Å². The molecule has 0 radical (unpaired) electrons. The molecule has 4 rings (SSSR count). The molecular formula is C24H37N7. The van der Waals surface area contributed by atoms with Crippen LogP contribution in [0.2, 0.25) is 0 Å². The van der Waals surface area contributed by atoms with E-state index < -0.39 is 0 Å². The fraction of sp³-hybridized carbons (Fsp3) is 0.542. The monoisotopic (exact) mass is 423 g/mol. The smallest absolute Gasteiger partial charge is 0.166 e. The van der Waals surface area contributed by atoms with Crippen LogP contribution in [0.25, 0.3) is 11.2 Å². The van der Waals surface area contributed by atoms with E-state index in [2.05, 4.69) is 47.1 Å². The molecule has 7 heteroatoms. The Labute approximate surface area is 185 Å². The third-order valence-electron chi connectivity index (χ3n) is 6.18. The number of aromatic nitrogens is 4. The van der Waals surface area contributed by atoms with Crippen molar-refractivity contribution in [3.8, 4) is 0 Å². The lowest BCUT2D eigenvalue weighted by Crippen LogP contribution is -2.30. The van der Waals surface area contributed by atoms with Crippen LogP contribution in [-0.2, 0) is 13.0 Å². The molecule has 7 nitrogen and oxygen atoms in total. The Kier molecular flexibility index (Phi) is 7.62. The van der Waals surface area contributed by atoms with Gasteiger partial charge < -0.3 is 20.9 Å². The van der Waals surface area contributed by atoms with Crippen molar-refractivity contribution in [1.29, 1.82) is 0 Å². The van der Waals surface area contributed by atoms with Crippen molar-refractivity contribution < 1.29 is 0 Å². The van der Waals surface area contributed by atoms with E-state index in [0.717, 1.165) is 40.5 Å². The van der Waals surface area contributed by atoms with Crippen molar-refractivity contribution in [2.45, 2.75) is 72.0 Å². The first-order valence-corrected chi connectivity index (χ1v) is 11.0. The molecule has 4 N–H and O–H groups in total. The lowest BCUT2D eigenvalue weighted by atomic mass is 9.84. The Morgan fingerprint density at radius 2 is 1.94 bits per heavy atom. The lowest BCUT2D eigenvalue weighted by molar-refractivity contribution is 0.297. The number of nitrogens with zero attached hydrogens (tertiary/aromatic N) is 4. The van der Waals surface area contributed by atoms with Gasteiger partial charge in [-0.1, -0.05) is 19.6 Å². The summed E-state index contributed by atoms with van der Waals surface area (Å²) >= 11 is 0. The zero-order valence-electron chi connectivity index (χ0n) is 18.2. The van der Waals surface area contributed by atoms with Gasteiger partial charge >= 0.3 is 0 Å². The molecule has 0 amide bonds. The molecule has 168 valence electrons. The van der Waals surface area contributed by atoms with E-state index in [4.69, 9.17) is 15.7 Å². The molecule has 0 unspecified atom stereocenters. The van der Waals surface area contributed by atoms with Crippen molar-refractivity contribution >= 4 is 22.7 Å². The van der Waals surface area contributed by atoms with Crippen molar-refractivity contribution in [2.75, 3.05) is 12.4 Å². The van der Waals surface area contributed by atoms with Gasteiger partial charge in [0.2, 0.25) is 0 Å². The van der Waals surface area contributed by atoms with Crippen LogP contribution in [0.3, 0.4) is 0 Å². The average Bonchev–Trinajstić information content (AvgIpc) is 3.19. The summed E-state index contributed by atoms with van der Waals surface area (Å²) in [6.07, 6.45) is 7.67. The predicted octanol–water partition coefficient (Wildman–Crippen LogP) is 4.57. The van der Waals surface area contributed by atoms with E-state index in [-0.39, 0.29) is 13.5 Å². The van der Waals surface area contributed by atoms with Gasteiger partial charge in [0.1, 0.15) is 5.82 Å². The maximum Gasteiger partial charge on any atom is 0.166 e. The minimum Gasteiger partial charge on any atom is -0.338 e. The zero-order chi connectivity index (χ0) is 21.1. The molecule has 3 aromatic rings. The first-order valence-electron chi connectivity index (χ1n) is 11.0. The number of benzene rings is 1. The van der Waals surface area contributed by atoms with Crippen LogP contribution in [-0.4, -0.2) is 32.6 Å². The molecular weight excluding hydrogens is 386 g/mol. The van der Waals surface area contributed by atoms with Crippen molar-refractivity contribution in [3.63, 3.8) is 0 Å². The molecule has 1 aliphatic carbocycles. The molecule has 2 heterocycles. The summed E-state index contributed by atoms with van der Waals surface area (Å²) in [4.78, 5) is 14.5. The summed E-state index contributed by atoms with van der Waals surface area (Å²) in [6.45, 7) is 4.82. The summed E-state index contributed by atoms with van der Waals surface area (Å²) in [5, 5.41) is 6.89. The van der Waals surface area contributed by atoms with Gasteiger partial charge in [-0.25, -0.2) is 15.0 Å². The van der Waals surface area contributed by atoms with Gasteiger partial charge in [-0.3, -0.25) is 0 Å². The fourth-order valence-corrected chi connectivity index (χ4v) is 4.34. The van der Waals surface area contributed by atoms with Crippen LogP contribution >= 0.6 is 0 Å². The van der Waals surface area contributed by atoms with Gasteiger partial charge in [0, 0.05) is 30.7 Å². The second-order valence-electron chi connectivity index (χ2n) is 8.65. The predicted molar refractivity (Wildman–Crippen MR) is 129 cm³/mol. The summed E-state index contributed by atoms with van der Waals surface area (Å²) in [7, 11) is 2.06.